The average molecular weight is 613 g/mol. The van der Waals surface area contributed by atoms with E-state index in [1.54, 1.807) is 6.21 Å². The van der Waals surface area contributed by atoms with Crippen LogP contribution in [0.15, 0.2) is 23.3 Å². The van der Waals surface area contributed by atoms with Crippen molar-refractivity contribution in [1.82, 2.24) is 0 Å². The lowest BCUT2D eigenvalue weighted by molar-refractivity contribution is -0.393. The fourth-order valence-electron chi connectivity index (χ4n) is 10.9. The van der Waals surface area contributed by atoms with Crippen molar-refractivity contribution >= 4 is 23.3 Å². The van der Waals surface area contributed by atoms with Gasteiger partial charge in [-0.15, -0.1) is 0 Å². The Bertz CT molecular complexity index is 1300. The van der Waals surface area contributed by atoms with Gasteiger partial charge in [-0.2, -0.15) is 5.10 Å². The summed E-state index contributed by atoms with van der Waals surface area (Å²) in [6.45, 7) is 14.2. The number of aliphatic hydroxyl groups is 2. The Balaban J connectivity index is 1.48. The fourth-order valence-corrected chi connectivity index (χ4v) is 10.9. The minimum Gasteiger partial charge on any atom is -0.393 e. The first kappa shape index (κ1) is 32.8. The van der Waals surface area contributed by atoms with Crippen LogP contribution in [-0.4, -0.2) is 38.0 Å². The molecule has 0 aliphatic heterocycles. The Morgan fingerprint density at radius 2 is 1.82 bits per heavy atom. The van der Waals surface area contributed by atoms with Crippen LogP contribution in [-0.2, 0) is 0 Å². The van der Waals surface area contributed by atoms with Crippen molar-refractivity contribution in [3.8, 4) is 0 Å². The molecule has 0 spiro atoms. The number of anilines is 1. The van der Waals surface area contributed by atoms with E-state index in [0.29, 0.717) is 36.5 Å². The molecule has 0 saturated heterocycles. The van der Waals surface area contributed by atoms with Crippen LogP contribution in [0.5, 0.6) is 0 Å². The number of nitro benzene ring substituents is 2. The van der Waals surface area contributed by atoms with Gasteiger partial charge in [0.25, 0.3) is 5.69 Å². The summed E-state index contributed by atoms with van der Waals surface area (Å²) < 4.78 is 0. The van der Waals surface area contributed by atoms with Crippen molar-refractivity contribution in [1.29, 1.82) is 0 Å². The van der Waals surface area contributed by atoms with Gasteiger partial charge in [-0.25, -0.2) is 0 Å². The topological polar surface area (TPSA) is 151 Å². The molecule has 10 heteroatoms. The van der Waals surface area contributed by atoms with Crippen LogP contribution < -0.4 is 5.43 Å². The quantitative estimate of drug-likeness (QED) is 0.139. The highest BCUT2D eigenvalue weighted by Gasteiger charge is 2.72. The molecule has 44 heavy (non-hydrogen) atoms. The predicted octanol–water partition coefficient (Wildman–Crippen LogP) is 7.72. The highest BCUT2D eigenvalue weighted by molar-refractivity contribution is 5.70. The molecule has 4 aliphatic carbocycles. The van der Waals surface area contributed by atoms with Gasteiger partial charge in [-0.05, 0) is 91.4 Å². The number of nitrogens with zero attached hydrogens (tertiary/aromatic N) is 3. The van der Waals surface area contributed by atoms with Crippen molar-refractivity contribution in [2.45, 2.75) is 117 Å². The molecule has 0 radical (unpaired) electrons. The van der Waals surface area contributed by atoms with E-state index in [-0.39, 0.29) is 39.5 Å². The lowest BCUT2D eigenvalue weighted by Crippen LogP contribution is -2.54. The van der Waals surface area contributed by atoms with Gasteiger partial charge in [0.05, 0.1) is 27.6 Å². The highest BCUT2D eigenvalue weighted by atomic mass is 16.6. The molecule has 0 heterocycles. The fraction of sp³-hybridized carbons (Fsp3) is 0.794. The molecule has 0 aromatic heterocycles. The summed E-state index contributed by atoms with van der Waals surface area (Å²) in [5.41, 5.74) is 0.889. The first-order valence-electron chi connectivity index (χ1n) is 16.7. The number of aliphatic hydroxyl groups excluding tert-OH is 1. The van der Waals surface area contributed by atoms with E-state index in [1.165, 1.54) is 37.8 Å². The van der Waals surface area contributed by atoms with Gasteiger partial charge in [0.2, 0.25) is 0 Å². The second kappa shape index (κ2) is 11.6. The number of benzene rings is 1. The van der Waals surface area contributed by atoms with Gasteiger partial charge >= 0.3 is 5.69 Å². The maximum absolute atomic E-state index is 12.6. The Morgan fingerprint density at radius 3 is 2.48 bits per heavy atom. The molecule has 0 bridgehead atoms. The minimum atomic E-state index is -1.15. The lowest BCUT2D eigenvalue weighted by atomic mass is 9.51. The van der Waals surface area contributed by atoms with Gasteiger partial charge in [-0.3, -0.25) is 25.7 Å². The summed E-state index contributed by atoms with van der Waals surface area (Å²) in [6.07, 6.45) is 11.0. The molecule has 9 atom stereocenters. The molecule has 1 unspecified atom stereocenters. The maximum Gasteiger partial charge on any atom is 0.301 e. The number of hydrogen-bond donors (Lipinski definition) is 3. The van der Waals surface area contributed by atoms with E-state index in [4.69, 9.17) is 0 Å². The first-order valence-corrected chi connectivity index (χ1v) is 16.7. The van der Waals surface area contributed by atoms with Crippen molar-refractivity contribution in [3.05, 3.63) is 38.4 Å². The third kappa shape index (κ3) is 5.33. The molecule has 1 aromatic rings. The minimum absolute atomic E-state index is 0.0578. The standard InChI is InChI=1S/C34H52N4O6/c1-21(2)8-7-15-31(3,4)29-12-10-24-30-25(14-16-32(24,29)5)33(6)17-13-23(39)19-34(33,40)26(30)20-35-36-27-11-9-22(37(41)42)18-28(27)38(43)44/h9,11,18,20-21,23-26,29-30,36,39-40H,7-8,10,12-17,19H2,1-6H3/b35-20+/t23-,24?,25-,26+,29+,30-,32-,33+,34+/m0/s1. The number of non-ortho nitro benzene ring substituents is 1. The number of nitro groups is 2. The molecule has 3 N–H and O–H groups in total. The molecule has 1 aromatic carbocycles. The molecule has 244 valence electrons. The van der Waals surface area contributed by atoms with Crippen LogP contribution in [0.4, 0.5) is 17.1 Å². The largest absolute Gasteiger partial charge is 0.393 e. The molecule has 4 aliphatic rings. The number of fused-ring (bicyclic) bond motifs is 5. The average Bonchev–Trinajstić information content (AvgIpc) is 3.38. The zero-order chi connectivity index (χ0) is 32.2. The third-order valence-electron chi connectivity index (χ3n) is 13.0. The highest BCUT2D eigenvalue weighted by Crippen LogP contribution is 2.73. The second-order valence-corrected chi connectivity index (χ2v) is 16.1. The van der Waals surface area contributed by atoms with Crippen molar-refractivity contribution < 1.29 is 20.1 Å². The van der Waals surface area contributed by atoms with E-state index in [9.17, 15) is 30.4 Å². The van der Waals surface area contributed by atoms with Gasteiger partial charge in [0.1, 0.15) is 5.69 Å². The van der Waals surface area contributed by atoms with Crippen LogP contribution in [0.2, 0.25) is 0 Å². The lowest BCUT2D eigenvalue weighted by Gasteiger charge is -2.54. The molecule has 5 rings (SSSR count). The number of hydrogen-bond acceptors (Lipinski definition) is 8. The van der Waals surface area contributed by atoms with Crippen molar-refractivity contribution in [3.63, 3.8) is 0 Å². The smallest absolute Gasteiger partial charge is 0.301 e. The summed E-state index contributed by atoms with van der Waals surface area (Å²) in [7, 11) is 0. The SMILES string of the molecule is CC(C)CCCC(C)(C)[C@H]1CCC2[C@@H]3[C@@H](/C=N/Nc4ccc([N+](=O)[O-])cc4[N+](=O)[O-])[C@]4(O)C[C@@H](O)CC[C@]4(C)[C@H]3CC[C@@]21C. The summed E-state index contributed by atoms with van der Waals surface area (Å²) in [5, 5.41) is 50.8. The van der Waals surface area contributed by atoms with Gasteiger partial charge in [-0.1, -0.05) is 54.4 Å². The Hall–Kier alpha value is -2.59. The van der Waals surface area contributed by atoms with Crippen LogP contribution >= 0.6 is 0 Å². The molecule has 0 amide bonds. The number of nitrogens with one attached hydrogen (secondary N) is 1. The molecule has 4 saturated carbocycles. The normalized spacial score (nSPS) is 38.4. The first-order chi connectivity index (χ1) is 20.5. The Morgan fingerprint density at radius 1 is 1.09 bits per heavy atom. The van der Waals surface area contributed by atoms with Crippen molar-refractivity contribution in [2.24, 2.45) is 56.9 Å². The van der Waals surface area contributed by atoms with E-state index in [0.717, 1.165) is 31.7 Å². The van der Waals surface area contributed by atoms with Gasteiger partial charge in [0, 0.05) is 30.0 Å². The summed E-state index contributed by atoms with van der Waals surface area (Å²) >= 11 is 0. The van der Waals surface area contributed by atoms with E-state index in [1.807, 2.05) is 0 Å². The monoisotopic (exact) mass is 612 g/mol. The zero-order valence-electron chi connectivity index (χ0n) is 27.3. The summed E-state index contributed by atoms with van der Waals surface area (Å²) in [6, 6.07) is 3.45. The second-order valence-electron chi connectivity index (χ2n) is 16.1. The van der Waals surface area contributed by atoms with E-state index < -0.39 is 27.2 Å². The number of hydrazone groups is 1. The van der Waals surface area contributed by atoms with Crippen LogP contribution in [0.3, 0.4) is 0 Å². The van der Waals surface area contributed by atoms with Gasteiger partial charge < -0.3 is 10.2 Å². The van der Waals surface area contributed by atoms with Crippen LogP contribution in [0.1, 0.15) is 106 Å². The molecular weight excluding hydrogens is 560 g/mol. The molecule has 4 fully saturated rings. The van der Waals surface area contributed by atoms with Crippen LogP contribution in [0.25, 0.3) is 0 Å². The Labute approximate surface area is 261 Å². The third-order valence-corrected chi connectivity index (χ3v) is 13.0. The zero-order valence-corrected chi connectivity index (χ0v) is 27.3. The van der Waals surface area contributed by atoms with Gasteiger partial charge in [0.15, 0.2) is 0 Å². The predicted molar refractivity (Wildman–Crippen MR) is 171 cm³/mol. The summed E-state index contributed by atoms with van der Waals surface area (Å²) in [5.74, 6) is 1.85. The van der Waals surface area contributed by atoms with E-state index in [2.05, 4.69) is 52.1 Å². The van der Waals surface area contributed by atoms with Crippen LogP contribution in [0, 0.1) is 72.0 Å². The number of rotatable bonds is 10. The summed E-state index contributed by atoms with van der Waals surface area (Å²) in [4.78, 5) is 21.6. The molecule has 10 nitrogen and oxygen atoms in total. The van der Waals surface area contributed by atoms with E-state index >= 15 is 0 Å². The van der Waals surface area contributed by atoms with Crippen molar-refractivity contribution in [2.75, 3.05) is 5.43 Å². The molecular formula is C34H52N4O6. The Kier molecular flexibility index (Phi) is 8.68. The maximum atomic E-state index is 12.6.